The van der Waals surface area contributed by atoms with Crippen LogP contribution in [0.25, 0.3) is 5.57 Å². The van der Waals surface area contributed by atoms with Crippen LogP contribution >= 0.6 is 0 Å². The van der Waals surface area contributed by atoms with E-state index in [1.165, 1.54) is 5.57 Å². The van der Waals surface area contributed by atoms with Crippen molar-refractivity contribution in [1.29, 1.82) is 0 Å². The van der Waals surface area contributed by atoms with E-state index in [1.807, 2.05) is 12.3 Å². The Labute approximate surface area is 97.2 Å². The van der Waals surface area contributed by atoms with Gasteiger partial charge in [-0.1, -0.05) is 19.9 Å². The van der Waals surface area contributed by atoms with Gasteiger partial charge in [0.2, 0.25) is 0 Å². The normalized spacial score (nSPS) is 17.6. The summed E-state index contributed by atoms with van der Waals surface area (Å²) in [6.07, 6.45) is 5.16. The van der Waals surface area contributed by atoms with Gasteiger partial charge in [-0.3, -0.25) is 0 Å². The molecule has 86 valence electrons. The summed E-state index contributed by atoms with van der Waals surface area (Å²) in [5.41, 5.74) is 2.42. The monoisotopic (exact) mass is 217 g/mol. The van der Waals surface area contributed by atoms with E-state index >= 15 is 0 Å². The molecule has 0 aliphatic carbocycles. The summed E-state index contributed by atoms with van der Waals surface area (Å²) in [4.78, 5) is 11.3. The lowest BCUT2D eigenvalue weighted by molar-refractivity contribution is 0.369. The Balaban J connectivity index is 2.24. The molecule has 1 aromatic heterocycles. The molecule has 2 rings (SSSR count). The summed E-state index contributed by atoms with van der Waals surface area (Å²) in [5, 5.41) is 0. The fourth-order valence-corrected chi connectivity index (χ4v) is 1.82. The van der Waals surface area contributed by atoms with Crippen LogP contribution in [0.1, 0.15) is 37.7 Å². The molecule has 0 saturated heterocycles. The Morgan fingerprint density at radius 3 is 2.81 bits per heavy atom. The Morgan fingerprint density at radius 1 is 1.38 bits per heavy atom. The Hall–Kier alpha value is -1.22. The molecule has 0 saturated carbocycles. The van der Waals surface area contributed by atoms with E-state index in [9.17, 15) is 0 Å². The third-order valence-corrected chi connectivity index (χ3v) is 2.97. The minimum absolute atomic E-state index is 0.466. The lowest BCUT2D eigenvalue weighted by Crippen LogP contribution is -2.24. The van der Waals surface area contributed by atoms with Crippen molar-refractivity contribution in [3.8, 4) is 0 Å². The zero-order chi connectivity index (χ0) is 11.5. The molecule has 0 atom stereocenters. The number of nitrogens with zero attached hydrogens (tertiary/aromatic N) is 3. The van der Waals surface area contributed by atoms with Crippen LogP contribution in [0.3, 0.4) is 0 Å². The summed E-state index contributed by atoms with van der Waals surface area (Å²) in [5.74, 6) is 1.38. The van der Waals surface area contributed by atoms with Gasteiger partial charge in [0.25, 0.3) is 0 Å². The highest BCUT2D eigenvalue weighted by molar-refractivity contribution is 5.60. The SMILES string of the molecule is CC(C)c1ccnc(C2=CCN(C)CC2)n1. The summed E-state index contributed by atoms with van der Waals surface area (Å²) in [6.45, 7) is 6.43. The second-order valence-corrected chi connectivity index (χ2v) is 4.70. The van der Waals surface area contributed by atoms with Crippen molar-refractivity contribution in [2.75, 3.05) is 20.1 Å². The first-order valence-corrected chi connectivity index (χ1v) is 5.87. The highest BCUT2D eigenvalue weighted by Crippen LogP contribution is 2.20. The molecule has 0 aromatic carbocycles. The van der Waals surface area contributed by atoms with Crippen molar-refractivity contribution >= 4 is 5.57 Å². The van der Waals surface area contributed by atoms with Crippen molar-refractivity contribution in [3.05, 3.63) is 29.9 Å². The van der Waals surface area contributed by atoms with Crippen LogP contribution in [0, 0.1) is 0 Å². The largest absolute Gasteiger partial charge is 0.302 e. The molecule has 0 amide bonds. The Morgan fingerprint density at radius 2 is 2.19 bits per heavy atom. The lowest BCUT2D eigenvalue weighted by Gasteiger charge is -2.21. The second-order valence-electron chi connectivity index (χ2n) is 4.70. The number of likely N-dealkylation sites (N-methyl/N-ethyl adjacent to an activating group) is 1. The smallest absolute Gasteiger partial charge is 0.155 e. The van der Waals surface area contributed by atoms with E-state index in [2.05, 4.69) is 41.8 Å². The Bertz CT molecular complexity index is 396. The zero-order valence-electron chi connectivity index (χ0n) is 10.3. The van der Waals surface area contributed by atoms with Gasteiger partial charge in [-0.15, -0.1) is 0 Å². The van der Waals surface area contributed by atoms with Gasteiger partial charge in [-0.2, -0.15) is 0 Å². The molecule has 16 heavy (non-hydrogen) atoms. The third-order valence-electron chi connectivity index (χ3n) is 2.97. The van der Waals surface area contributed by atoms with Gasteiger partial charge in [0.05, 0.1) is 0 Å². The predicted molar refractivity (Wildman–Crippen MR) is 66.2 cm³/mol. The van der Waals surface area contributed by atoms with Crippen LogP contribution in [0.2, 0.25) is 0 Å². The van der Waals surface area contributed by atoms with Gasteiger partial charge in [0.1, 0.15) is 0 Å². The molecule has 1 aliphatic heterocycles. The minimum atomic E-state index is 0.466. The zero-order valence-corrected chi connectivity index (χ0v) is 10.3. The average Bonchev–Trinajstić information content (AvgIpc) is 2.30. The molecule has 1 aromatic rings. The molecule has 0 N–H and O–H groups in total. The van der Waals surface area contributed by atoms with Gasteiger partial charge in [-0.25, -0.2) is 9.97 Å². The highest BCUT2D eigenvalue weighted by Gasteiger charge is 2.12. The second kappa shape index (κ2) is 4.74. The van der Waals surface area contributed by atoms with E-state index in [0.29, 0.717) is 5.92 Å². The summed E-state index contributed by atoms with van der Waals surface area (Å²) in [7, 11) is 2.14. The van der Waals surface area contributed by atoms with Crippen LogP contribution in [-0.2, 0) is 0 Å². The van der Waals surface area contributed by atoms with Crippen LogP contribution in [0.15, 0.2) is 18.3 Å². The summed E-state index contributed by atoms with van der Waals surface area (Å²) < 4.78 is 0. The van der Waals surface area contributed by atoms with Crippen LogP contribution in [0.4, 0.5) is 0 Å². The number of hydrogen-bond acceptors (Lipinski definition) is 3. The van der Waals surface area contributed by atoms with Crippen LogP contribution in [0.5, 0.6) is 0 Å². The van der Waals surface area contributed by atoms with Gasteiger partial charge in [0.15, 0.2) is 5.82 Å². The first-order chi connectivity index (χ1) is 7.66. The quantitative estimate of drug-likeness (QED) is 0.761. The number of aromatic nitrogens is 2. The molecule has 3 heteroatoms. The van der Waals surface area contributed by atoms with Crippen molar-refractivity contribution in [2.24, 2.45) is 0 Å². The van der Waals surface area contributed by atoms with Crippen molar-refractivity contribution in [3.63, 3.8) is 0 Å². The predicted octanol–water partition coefficient (Wildman–Crippen LogP) is 2.32. The first-order valence-electron chi connectivity index (χ1n) is 5.87. The Kier molecular flexibility index (Phi) is 3.34. The standard InChI is InChI=1S/C13H19N3/c1-10(2)12-4-7-14-13(15-12)11-5-8-16(3)9-6-11/h4-5,7,10H,6,8-9H2,1-3H3. The molecule has 0 unspecified atom stereocenters. The van der Waals surface area contributed by atoms with Crippen molar-refractivity contribution in [2.45, 2.75) is 26.2 Å². The molecular weight excluding hydrogens is 198 g/mol. The first kappa shape index (κ1) is 11.3. The molecule has 3 nitrogen and oxygen atoms in total. The number of hydrogen-bond donors (Lipinski definition) is 0. The van der Waals surface area contributed by atoms with Crippen LogP contribution < -0.4 is 0 Å². The average molecular weight is 217 g/mol. The summed E-state index contributed by atoms with van der Waals surface area (Å²) >= 11 is 0. The van der Waals surface area contributed by atoms with E-state index in [4.69, 9.17) is 0 Å². The molecular formula is C13H19N3. The van der Waals surface area contributed by atoms with E-state index in [-0.39, 0.29) is 0 Å². The van der Waals surface area contributed by atoms with Crippen molar-refractivity contribution < 1.29 is 0 Å². The van der Waals surface area contributed by atoms with Gasteiger partial charge >= 0.3 is 0 Å². The van der Waals surface area contributed by atoms with Gasteiger partial charge in [0, 0.05) is 25.0 Å². The highest BCUT2D eigenvalue weighted by atomic mass is 15.1. The summed E-state index contributed by atoms with van der Waals surface area (Å²) in [6, 6.07) is 2.00. The van der Waals surface area contributed by atoms with E-state index in [0.717, 1.165) is 31.0 Å². The maximum atomic E-state index is 4.62. The molecule has 1 aliphatic rings. The van der Waals surface area contributed by atoms with E-state index < -0.39 is 0 Å². The molecule has 0 bridgehead atoms. The fourth-order valence-electron chi connectivity index (χ4n) is 1.82. The number of rotatable bonds is 2. The maximum Gasteiger partial charge on any atom is 0.155 e. The van der Waals surface area contributed by atoms with Gasteiger partial charge in [-0.05, 0) is 31.0 Å². The topological polar surface area (TPSA) is 29.0 Å². The lowest BCUT2D eigenvalue weighted by atomic mass is 10.1. The van der Waals surface area contributed by atoms with Crippen LogP contribution in [-0.4, -0.2) is 35.0 Å². The molecule has 2 heterocycles. The minimum Gasteiger partial charge on any atom is -0.302 e. The van der Waals surface area contributed by atoms with Crippen molar-refractivity contribution in [1.82, 2.24) is 14.9 Å². The third kappa shape index (κ3) is 2.47. The van der Waals surface area contributed by atoms with E-state index in [1.54, 1.807) is 0 Å². The maximum absolute atomic E-state index is 4.62. The van der Waals surface area contributed by atoms with Gasteiger partial charge < -0.3 is 4.90 Å². The molecule has 0 radical (unpaired) electrons. The molecule has 0 spiro atoms. The fraction of sp³-hybridized carbons (Fsp3) is 0.538. The molecule has 0 fully saturated rings.